The number of benzene rings is 1. The maximum atomic E-state index is 12.7. The first kappa shape index (κ1) is 18.1. The lowest BCUT2D eigenvalue weighted by molar-refractivity contribution is 0.0660. The molecule has 23 heavy (non-hydrogen) atoms. The van der Waals surface area contributed by atoms with Crippen molar-refractivity contribution in [2.75, 3.05) is 26.7 Å². The fraction of sp³-hybridized carbons (Fsp3) is 0.471. The molecule has 1 amide bonds. The van der Waals surface area contributed by atoms with Gasteiger partial charge < -0.3 is 14.6 Å². The molecular formula is C17H22Cl2N2O2. The third-order valence-corrected chi connectivity index (χ3v) is 4.80. The Balaban J connectivity index is 0.00000192. The van der Waals surface area contributed by atoms with Crippen molar-refractivity contribution < 1.29 is 9.21 Å². The van der Waals surface area contributed by atoms with Crippen LogP contribution in [0.1, 0.15) is 29.0 Å². The molecule has 6 heteroatoms. The van der Waals surface area contributed by atoms with Gasteiger partial charge >= 0.3 is 0 Å². The maximum Gasteiger partial charge on any atom is 0.289 e. The Labute approximate surface area is 147 Å². The monoisotopic (exact) mass is 356 g/mol. The lowest BCUT2D eigenvalue weighted by Crippen LogP contribution is -2.40. The number of carbonyl (C=O) groups is 1. The SMILES string of the molecule is CNCC1CCN(C(=O)c2oc3c(Cl)cccc3c2C)CC1.Cl. The third kappa shape index (κ3) is 3.49. The first-order valence-electron chi connectivity index (χ1n) is 7.73. The van der Waals surface area contributed by atoms with Crippen LogP contribution in [0.2, 0.25) is 5.02 Å². The quantitative estimate of drug-likeness (QED) is 0.907. The van der Waals surface area contributed by atoms with E-state index in [0.29, 0.717) is 22.3 Å². The van der Waals surface area contributed by atoms with Crippen LogP contribution in [0.15, 0.2) is 22.6 Å². The predicted molar refractivity (Wildman–Crippen MR) is 95.8 cm³/mol. The molecule has 1 aromatic heterocycles. The number of aryl methyl sites for hydroxylation is 1. The number of hydrogen-bond acceptors (Lipinski definition) is 3. The van der Waals surface area contributed by atoms with Crippen LogP contribution in [-0.4, -0.2) is 37.5 Å². The molecule has 2 heterocycles. The Morgan fingerprint density at radius 2 is 2.09 bits per heavy atom. The largest absolute Gasteiger partial charge is 0.449 e. The van der Waals surface area contributed by atoms with Gasteiger partial charge in [0.15, 0.2) is 11.3 Å². The van der Waals surface area contributed by atoms with Crippen molar-refractivity contribution in [3.05, 3.63) is 34.5 Å². The molecule has 1 saturated heterocycles. The van der Waals surface area contributed by atoms with Crippen molar-refractivity contribution in [2.45, 2.75) is 19.8 Å². The highest BCUT2D eigenvalue weighted by Gasteiger charge is 2.27. The summed E-state index contributed by atoms with van der Waals surface area (Å²) in [5.41, 5.74) is 1.48. The molecule has 3 rings (SSSR count). The highest BCUT2D eigenvalue weighted by atomic mass is 35.5. The van der Waals surface area contributed by atoms with Gasteiger partial charge in [-0.25, -0.2) is 0 Å². The summed E-state index contributed by atoms with van der Waals surface area (Å²) in [6.45, 7) is 4.51. The van der Waals surface area contributed by atoms with Crippen molar-refractivity contribution in [2.24, 2.45) is 5.92 Å². The second-order valence-corrected chi connectivity index (χ2v) is 6.37. The highest BCUT2D eigenvalue weighted by Crippen LogP contribution is 2.31. The van der Waals surface area contributed by atoms with E-state index in [0.717, 1.165) is 43.4 Å². The number of nitrogens with zero attached hydrogens (tertiary/aromatic N) is 1. The summed E-state index contributed by atoms with van der Waals surface area (Å²) in [6.07, 6.45) is 2.07. The van der Waals surface area contributed by atoms with Crippen LogP contribution in [0, 0.1) is 12.8 Å². The summed E-state index contributed by atoms with van der Waals surface area (Å²) in [4.78, 5) is 14.6. The Hall–Kier alpha value is -1.23. The number of piperidine rings is 1. The van der Waals surface area contributed by atoms with E-state index in [1.54, 1.807) is 6.07 Å². The molecule has 1 aliphatic rings. The number of nitrogens with one attached hydrogen (secondary N) is 1. The number of likely N-dealkylation sites (tertiary alicyclic amines) is 1. The third-order valence-electron chi connectivity index (χ3n) is 4.50. The summed E-state index contributed by atoms with van der Waals surface area (Å²) in [6, 6.07) is 5.60. The summed E-state index contributed by atoms with van der Waals surface area (Å²) in [5, 5.41) is 4.68. The molecule has 1 N–H and O–H groups in total. The van der Waals surface area contributed by atoms with E-state index in [4.69, 9.17) is 16.0 Å². The van der Waals surface area contributed by atoms with Crippen LogP contribution in [0.4, 0.5) is 0 Å². The lowest BCUT2D eigenvalue weighted by Gasteiger charge is -2.31. The van der Waals surface area contributed by atoms with E-state index >= 15 is 0 Å². The van der Waals surface area contributed by atoms with Gasteiger partial charge in [0.05, 0.1) is 5.02 Å². The molecule has 0 saturated carbocycles. The zero-order valence-electron chi connectivity index (χ0n) is 13.4. The predicted octanol–water partition coefficient (Wildman–Crippen LogP) is 3.89. The summed E-state index contributed by atoms with van der Waals surface area (Å²) in [5.74, 6) is 1.06. The second-order valence-electron chi connectivity index (χ2n) is 5.97. The molecular weight excluding hydrogens is 335 g/mol. The van der Waals surface area contributed by atoms with E-state index in [-0.39, 0.29) is 18.3 Å². The van der Waals surface area contributed by atoms with Crippen LogP contribution in [-0.2, 0) is 0 Å². The molecule has 0 unspecified atom stereocenters. The standard InChI is InChI=1S/C17H21ClN2O2.ClH/c1-11-13-4-3-5-14(18)16(13)22-15(11)17(21)20-8-6-12(7-9-20)10-19-2;/h3-5,12,19H,6-10H2,1-2H3;1H. The number of furan rings is 1. The minimum absolute atomic E-state index is 0. The van der Waals surface area contributed by atoms with E-state index < -0.39 is 0 Å². The van der Waals surface area contributed by atoms with Gasteiger partial charge in [-0.3, -0.25) is 4.79 Å². The van der Waals surface area contributed by atoms with Crippen molar-refractivity contribution in [3.63, 3.8) is 0 Å². The first-order valence-corrected chi connectivity index (χ1v) is 8.11. The summed E-state index contributed by atoms with van der Waals surface area (Å²) < 4.78 is 5.78. The highest BCUT2D eigenvalue weighted by molar-refractivity contribution is 6.35. The molecule has 0 radical (unpaired) electrons. The minimum atomic E-state index is -0.0207. The number of fused-ring (bicyclic) bond motifs is 1. The van der Waals surface area contributed by atoms with E-state index in [2.05, 4.69) is 5.32 Å². The van der Waals surface area contributed by atoms with Crippen LogP contribution in [0.5, 0.6) is 0 Å². The van der Waals surface area contributed by atoms with Crippen molar-refractivity contribution in [3.8, 4) is 0 Å². The summed E-state index contributed by atoms with van der Waals surface area (Å²) in [7, 11) is 1.97. The number of halogens is 2. The molecule has 4 nitrogen and oxygen atoms in total. The Kier molecular flexibility index (Phi) is 5.95. The van der Waals surface area contributed by atoms with Crippen LogP contribution < -0.4 is 5.32 Å². The topological polar surface area (TPSA) is 45.5 Å². The zero-order chi connectivity index (χ0) is 15.7. The average Bonchev–Trinajstić information content (AvgIpc) is 2.87. The fourth-order valence-electron chi connectivity index (χ4n) is 3.19. The van der Waals surface area contributed by atoms with Crippen LogP contribution >= 0.6 is 24.0 Å². The molecule has 0 atom stereocenters. The second kappa shape index (κ2) is 7.56. The van der Waals surface area contributed by atoms with Crippen LogP contribution in [0.3, 0.4) is 0 Å². The number of carbonyl (C=O) groups excluding carboxylic acids is 1. The Morgan fingerprint density at radius 3 is 2.70 bits per heavy atom. The average molecular weight is 357 g/mol. The van der Waals surface area contributed by atoms with Gasteiger partial charge in [0, 0.05) is 24.0 Å². The minimum Gasteiger partial charge on any atom is -0.449 e. The van der Waals surface area contributed by atoms with Gasteiger partial charge in [-0.1, -0.05) is 23.7 Å². The van der Waals surface area contributed by atoms with Crippen LogP contribution in [0.25, 0.3) is 11.0 Å². The maximum absolute atomic E-state index is 12.7. The van der Waals surface area contributed by atoms with Gasteiger partial charge in [0.25, 0.3) is 5.91 Å². The first-order chi connectivity index (χ1) is 10.6. The molecule has 1 fully saturated rings. The molecule has 126 valence electrons. The molecule has 1 aliphatic heterocycles. The zero-order valence-corrected chi connectivity index (χ0v) is 15.0. The molecule has 0 aliphatic carbocycles. The van der Waals surface area contributed by atoms with E-state index in [1.165, 1.54) is 0 Å². The number of rotatable bonds is 3. The molecule has 1 aromatic carbocycles. The summed E-state index contributed by atoms with van der Waals surface area (Å²) >= 11 is 6.16. The van der Waals surface area contributed by atoms with E-state index in [9.17, 15) is 4.79 Å². The smallest absolute Gasteiger partial charge is 0.289 e. The Morgan fingerprint density at radius 1 is 1.39 bits per heavy atom. The van der Waals surface area contributed by atoms with Gasteiger partial charge in [-0.15, -0.1) is 12.4 Å². The normalized spacial score (nSPS) is 15.7. The van der Waals surface area contributed by atoms with Crippen molar-refractivity contribution in [1.82, 2.24) is 10.2 Å². The molecule has 0 spiro atoms. The fourth-order valence-corrected chi connectivity index (χ4v) is 3.40. The number of hydrogen-bond donors (Lipinski definition) is 1. The van der Waals surface area contributed by atoms with Gasteiger partial charge in [-0.05, 0) is 45.3 Å². The Bertz CT molecular complexity index is 691. The number of amides is 1. The lowest BCUT2D eigenvalue weighted by atomic mass is 9.96. The van der Waals surface area contributed by atoms with Gasteiger partial charge in [0.2, 0.25) is 0 Å². The molecule has 0 bridgehead atoms. The van der Waals surface area contributed by atoms with Crippen molar-refractivity contribution in [1.29, 1.82) is 0 Å². The molecule has 2 aromatic rings. The van der Waals surface area contributed by atoms with Crippen molar-refractivity contribution >= 4 is 40.9 Å². The number of para-hydroxylation sites is 1. The van der Waals surface area contributed by atoms with Gasteiger partial charge in [-0.2, -0.15) is 0 Å². The van der Waals surface area contributed by atoms with Gasteiger partial charge in [0.1, 0.15) is 0 Å². The van der Waals surface area contributed by atoms with E-state index in [1.807, 2.05) is 31.0 Å².